The zero-order valence-electron chi connectivity index (χ0n) is 21.1. The summed E-state index contributed by atoms with van der Waals surface area (Å²) in [4.78, 5) is 25.7. The van der Waals surface area contributed by atoms with Crippen molar-refractivity contribution in [2.24, 2.45) is 11.7 Å². The number of ether oxygens (including phenoxy) is 1. The first-order chi connectivity index (χ1) is 16.3. The number of nitrogens with one attached hydrogen (secondary N) is 1. The lowest BCUT2D eigenvalue weighted by atomic mass is 10.1. The summed E-state index contributed by atoms with van der Waals surface area (Å²) in [5, 5.41) is 7.25. The van der Waals surface area contributed by atoms with Gasteiger partial charge >= 0.3 is 0 Å². The number of hydrogen-bond donors (Lipinski definition) is 2. The van der Waals surface area contributed by atoms with Crippen molar-refractivity contribution >= 4 is 27.3 Å². The molecule has 1 fully saturated rings. The first-order valence-corrected chi connectivity index (χ1v) is 13.7. The Kier molecular flexibility index (Phi) is 7.90. The SMILES string of the molecule is CCc1c(NC(=O)c2cc(S(C)(=O)=O)ccc2OCC(C)C)c(C(N)=O)nn1C[N+]1(C)CCCC1. The highest BCUT2D eigenvalue weighted by molar-refractivity contribution is 7.90. The average Bonchev–Trinajstić information content (AvgIpc) is 3.34. The Labute approximate surface area is 206 Å². The van der Waals surface area contributed by atoms with E-state index in [1.807, 2.05) is 20.8 Å². The fourth-order valence-corrected chi connectivity index (χ4v) is 4.97. The van der Waals surface area contributed by atoms with Gasteiger partial charge in [-0.15, -0.1) is 0 Å². The zero-order valence-corrected chi connectivity index (χ0v) is 21.9. The Hall–Kier alpha value is -2.92. The standard InChI is InChI=1S/C24H35N5O5S/c1-6-19-21(22(23(25)30)27-28(19)15-29(4)11-7-8-12-29)26-24(31)18-13-17(35(5,32)33)9-10-20(18)34-14-16(2)3/h9-10,13,16H,6-8,11-12,14-15H2,1-5H3,(H2-,25,26,30,31)/p+1. The summed E-state index contributed by atoms with van der Waals surface area (Å²) in [5.74, 6) is -0.904. The number of benzene rings is 1. The third kappa shape index (κ3) is 6.21. The Balaban J connectivity index is 2.03. The van der Waals surface area contributed by atoms with E-state index in [4.69, 9.17) is 10.5 Å². The van der Waals surface area contributed by atoms with Crippen LogP contribution in [0.5, 0.6) is 5.75 Å². The molecule has 0 aliphatic carbocycles. The fraction of sp³-hybridized carbons (Fsp3) is 0.542. The number of anilines is 1. The lowest BCUT2D eigenvalue weighted by molar-refractivity contribution is -0.920. The van der Waals surface area contributed by atoms with Crippen LogP contribution in [-0.4, -0.2) is 67.5 Å². The molecule has 3 rings (SSSR count). The maximum Gasteiger partial charge on any atom is 0.271 e. The van der Waals surface area contributed by atoms with Crippen molar-refractivity contribution in [2.45, 2.75) is 51.6 Å². The highest BCUT2D eigenvalue weighted by Gasteiger charge is 2.31. The predicted molar refractivity (Wildman–Crippen MR) is 133 cm³/mol. The number of carbonyl (C=O) groups is 2. The second-order valence-electron chi connectivity index (χ2n) is 9.89. The van der Waals surface area contributed by atoms with Crippen LogP contribution in [0.2, 0.25) is 0 Å². The highest BCUT2D eigenvalue weighted by Crippen LogP contribution is 2.28. The van der Waals surface area contributed by atoms with Gasteiger partial charge < -0.3 is 20.3 Å². The van der Waals surface area contributed by atoms with Gasteiger partial charge in [0.2, 0.25) is 0 Å². The Morgan fingerprint density at radius 2 is 1.91 bits per heavy atom. The van der Waals surface area contributed by atoms with Gasteiger partial charge in [-0.3, -0.25) is 9.59 Å². The number of likely N-dealkylation sites (tertiary alicyclic amines) is 1. The first kappa shape index (κ1) is 26.7. The number of aromatic nitrogens is 2. The van der Waals surface area contributed by atoms with E-state index in [9.17, 15) is 18.0 Å². The van der Waals surface area contributed by atoms with E-state index in [0.717, 1.165) is 36.7 Å². The molecule has 2 aromatic rings. The molecular formula is C24H36N5O5S+. The van der Waals surface area contributed by atoms with Crippen LogP contribution in [0.1, 0.15) is 60.2 Å². The quantitative estimate of drug-likeness (QED) is 0.476. The molecule has 0 bridgehead atoms. The van der Waals surface area contributed by atoms with Crippen LogP contribution in [0.25, 0.3) is 0 Å². The summed E-state index contributed by atoms with van der Waals surface area (Å²) >= 11 is 0. The van der Waals surface area contributed by atoms with Gasteiger partial charge in [0.15, 0.2) is 22.2 Å². The van der Waals surface area contributed by atoms with E-state index in [1.54, 1.807) is 4.68 Å². The van der Waals surface area contributed by atoms with Crippen molar-refractivity contribution < 1.29 is 27.2 Å². The normalized spacial score (nSPS) is 15.4. The molecule has 1 aromatic heterocycles. The van der Waals surface area contributed by atoms with Crippen LogP contribution < -0.4 is 15.8 Å². The molecule has 1 aliphatic heterocycles. The molecule has 0 spiro atoms. The average molecular weight is 507 g/mol. The molecule has 192 valence electrons. The zero-order chi connectivity index (χ0) is 26.0. The lowest BCUT2D eigenvalue weighted by Crippen LogP contribution is -2.42. The molecule has 3 N–H and O–H groups in total. The van der Waals surface area contributed by atoms with Gasteiger partial charge in [0, 0.05) is 19.1 Å². The third-order valence-corrected chi connectivity index (χ3v) is 7.29. The van der Waals surface area contributed by atoms with E-state index in [1.165, 1.54) is 18.2 Å². The number of quaternary nitrogens is 1. The second kappa shape index (κ2) is 10.4. The predicted octanol–water partition coefficient (Wildman–Crippen LogP) is 2.43. The second-order valence-corrected chi connectivity index (χ2v) is 11.9. The van der Waals surface area contributed by atoms with Gasteiger partial charge in [0.25, 0.3) is 11.8 Å². The van der Waals surface area contributed by atoms with Gasteiger partial charge in [-0.05, 0) is 30.5 Å². The highest BCUT2D eigenvalue weighted by atomic mass is 32.2. The molecule has 10 nitrogen and oxygen atoms in total. The minimum Gasteiger partial charge on any atom is -0.492 e. The maximum atomic E-state index is 13.4. The molecule has 2 amide bonds. The van der Waals surface area contributed by atoms with Crippen LogP contribution in [0, 0.1) is 5.92 Å². The van der Waals surface area contributed by atoms with E-state index in [-0.39, 0.29) is 33.5 Å². The molecular weight excluding hydrogens is 470 g/mol. The number of rotatable bonds is 10. The Morgan fingerprint density at radius 1 is 1.26 bits per heavy atom. The molecule has 1 saturated heterocycles. The van der Waals surface area contributed by atoms with Crippen molar-refractivity contribution in [1.29, 1.82) is 0 Å². The van der Waals surface area contributed by atoms with E-state index in [2.05, 4.69) is 17.5 Å². The summed E-state index contributed by atoms with van der Waals surface area (Å²) in [7, 11) is -1.41. The Morgan fingerprint density at radius 3 is 2.46 bits per heavy atom. The molecule has 1 aliphatic rings. The lowest BCUT2D eigenvalue weighted by Gasteiger charge is -2.29. The maximum absolute atomic E-state index is 13.4. The number of amides is 2. The number of nitrogens with two attached hydrogens (primary N) is 1. The van der Waals surface area contributed by atoms with Gasteiger partial charge in [-0.2, -0.15) is 5.10 Å². The number of carbonyl (C=O) groups excluding carboxylic acids is 2. The van der Waals surface area contributed by atoms with Gasteiger partial charge in [0.1, 0.15) is 5.75 Å². The number of hydrogen-bond acceptors (Lipinski definition) is 6. The number of sulfone groups is 1. The van der Waals surface area contributed by atoms with Crippen molar-refractivity contribution in [2.75, 3.05) is 38.3 Å². The third-order valence-electron chi connectivity index (χ3n) is 6.18. The summed E-state index contributed by atoms with van der Waals surface area (Å²) in [6.45, 7) is 8.77. The monoisotopic (exact) mass is 506 g/mol. The largest absolute Gasteiger partial charge is 0.492 e. The van der Waals surface area contributed by atoms with E-state index in [0.29, 0.717) is 25.4 Å². The van der Waals surface area contributed by atoms with Gasteiger partial charge in [-0.25, -0.2) is 13.1 Å². The van der Waals surface area contributed by atoms with E-state index >= 15 is 0 Å². The first-order valence-electron chi connectivity index (χ1n) is 11.9. The molecule has 0 saturated carbocycles. The van der Waals surface area contributed by atoms with Crippen LogP contribution >= 0.6 is 0 Å². The van der Waals surface area contributed by atoms with Gasteiger partial charge in [-0.1, -0.05) is 20.8 Å². The summed E-state index contributed by atoms with van der Waals surface area (Å²) in [6.07, 6.45) is 3.84. The topological polar surface area (TPSA) is 133 Å². The molecule has 1 aromatic carbocycles. The van der Waals surface area contributed by atoms with Crippen molar-refractivity contribution in [3.8, 4) is 5.75 Å². The van der Waals surface area contributed by atoms with Crippen LogP contribution in [0.15, 0.2) is 23.1 Å². The molecule has 11 heteroatoms. The van der Waals surface area contributed by atoms with Gasteiger partial charge in [0.05, 0.1) is 48.6 Å². The molecule has 2 heterocycles. The van der Waals surface area contributed by atoms with E-state index < -0.39 is 21.7 Å². The minimum atomic E-state index is -3.56. The number of primary amides is 1. The summed E-state index contributed by atoms with van der Waals surface area (Å²) in [5.41, 5.74) is 6.58. The Bertz CT molecular complexity index is 1210. The van der Waals surface area contributed by atoms with Crippen molar-refractivity contribution in [1.82, 2.24) is 9.78 Å². The molecule has 0 unspecified atom stereocenters. The van der Waals surface area contributed by atoms with Crippen LogP contribution in [0.4, 0.5) is 5.69 Å². The fourth-order valence-electron chi connectivity index (χ4n) is 4.32. The van der Waals surface area contributed by atoms with Crippen LogP contribution in [0.3, 0.4) is 0 Å². The van der Waals surface area contributed by atoms with Crippen LogP contribution in [-0.2, 0) is 22.9 Å². The molecule has 0 radical (unpaired) electrons. The summed E-state index contributed by atoms with van der Waals surface area (Å²) < 4.78 is 32.6. The molecule has 0 atom stereocenters. The molecule has 35 heavy (non-hydrogen) atoms. The smallest absolute Gasteiger partial charge is 0.271 e. The number of nitrogens with zero attached hydrogens (tertiary/aromatic N) is 3. The van der Waals surface area contributed by atoms with Crippen molar-refractivity contribution in [3.63, 3.8) is 0 Å². The van der Waals surface area contributed by atoms with Crippen molar-refractivity contribution in [3.05, 3.63) is 35.2 Å². The minimum absolute atomic E-state index is 0.00691. The summed E-state index contributed by atoms with van der Waals surface area (Å²) in [6, 6.07) is 4.17.